The van der Waals surface area contributed by atoms with Crippen LogP contribution in [0.2, 0.25) is 0 Å². The van der Waals surface area contributed by atoms with Crippen molar-refractivity contribution in [3.8, 4) is 18.2 Å². The fraction of sp³-hybridized carbons (Fsp3) is 0.158. The van der Waals surface area contributed by atoms with Crippen molar-refractivity contribution in [1.82, 2.24) is 4.57 Å². The highest BCUT2D eigenvalue weighted by Gasteiger charge is 2.37. The molecular weight excluding hydrogens is 727 g/mol. The molecule has 15 heteroatoms. The number of benzene rings is 2. The van der Waals surface area contributed by atoms with Crippen molar-refractivity contribution in [2.24, 2.45) is 20.9 Å². The van der Waals surface area contributed by atoms with Gasteiger partial charge in [0.15, 0.2) is 23.3 Å². The number of hydrogen-bond acceptors (Lipinski definition) is 10. The maximum Gasteiger partial charge on any atom is 0.212 e. The zero-order valence-corrected chi connectivity index (χ0v) is 29.3. The molecule has 3 aromatic heterocycles. The third kappa shape index (κ3) is 5.60. The average molecular weight is 748 g/mol. The van der Waals surface area contributed by atoms with E-state index in [2.05, 4.69) is 28.6 Å². The van der Waals surface area contributed by atoms with Crippen molar-refractivity contribution in [3.63, 3.8) is 0 Å². The van der Waals surface area contributed by atoms with Crippen molar-refractivity contribution < 1.29 is 27.2 Å². The summed E-state index contributed by atoms with van der Waals surface area (Å²) in [5, 5.41) is 30.0. The van der Waals surface area contributed by atoms with Gasteiger partial charge < -0.3 is 4.57 Å². The second kappa shape index (κ2) is 13.3. The smallest absolute Gasteiger partial charge is 0.212 e. The van der Waals surface area contributed by atoms with E-state index in [1.807, 2.05) is 17.6 Å². The number of ketones is 2. The highest BCUT2D eigenvalue weighted by atomic mass is 32.1. The van der Waals surface area contributed by atoms with Crippen LogP contribution in [0, 0.1) is 63.2 Å². The number of fused-ring (bicyclic) bond motifs is 5. The summed E-state index contributed by atoms with van der Waals surface area (Å²) in [4.78, 5) is 40.1. The number of nitrogens with zero attached hydrogens (tertiary/aromatic N) is 7. The van der Waals surface area contributed by atoms with Gasteiger partial charge in [0, 0.05) is 34.4 Å². The van der Waals surface area contributed by atoms with Crippen molar-refractivity contribution in [2.75, 3.05) is 6.54 Å². The Bertz CT molecular complexity index is 2760. The number of hydrogen-bond donors (Lipinski definition) is 0. The number of aliphatic imine (C=N–C) groups is 3. The zero-order chi connectivity index (χ0) is 37.9. The molecule has 0 radical (unpaired) electrons. The number of carbonyl (C=O) groups excluding carboxylic acids is 2. The molecule has 0 aliphatic heterocycles. The molecule has 0 saturated heterocycles. The average Bonchev–Trinajstić information content (AvgIpc) is 3.91. The Kier molecular flexibility index (Phi) is 8.82. The molecule has 0 N–H and O–H groups in total. The zero-order valence-electron chi connectivity index (χ0n) is 27.6. The molecule has 5 aromatic rings. The summed E-state index contributed by atoms with van der Waals surface area (Å²) >= 11 is 2.41. The first kappa shape index (κ1) is 35.1. The van der Waals surface area contributed by atoms with Gasteiger partial charge in [-0.1, -0.05) is 20.3 Å². The number of carbonyl (C=O) groups is 2. The lowest BCUT2D eigenvalue weighted by Crippen LogP contribution is -2.08. The lowest BCUT2D eigenvalue weighted by Gasteiger charge is -2.11. The van der Waals surface area contributed by atoms with Gasteiger partial charge in [0.2, 0.25) is 11.6 Å². The predicted octanol–water partition coefficient (Wildman–Crippen LogP) is 9.24. The number of thiophene rings is 2. The van der Waals surface area contributed by atoms with Gasteiger partial charge in [-0.05, 0) is 54.6 Å². The van der Waals surface area contributed by atoms with E-state index in [-0.39, 0.29) is 62.9 Å². The number of Topliss-reactive ketones (excluding diaryl/α,β-unsaturated/α-hetero) is 2. The SMILES string of the molecule is C=NC/C(C#N)=C1/C(=N/c2cc3c(s2)c2sc(/N=C4\C(=O)c5cc(F)c(F)cc5C4=C(C#N)C#N)cc2n3CC(C)CC)C(=O)c2cc(F)c(F)cc21. The van der Waals surface area contributed by atoms with Crippen molar-refractivity contribution in [2.45, 2.75) is 26.8 Å². The normalized spacial score (nSPS) is 16.6. The number of aromatic nitrogens is 1. The van der Waals surface area contributed by atoms with Crippen LogP contribution in [0.4, 0.5) is 27.6 Å². The van der Waals surface area contributed by atoms with Crippen molar-refractivity contribution in [1.29, 1.82) is 15.8 Å². The van der Waals surface area contributed by atoms with Gasteiger partial charge >= 0.3 is 0 Å². The highest BCUT2D eigenvalue weighted by Crippen LogP contribution is 2.47. The monoisotopic (exact) mass is 747 g/mol. The Labute approximate surface area is 306 Å². The molecule has 53 heavy (non-hydrogen) atoms. The Morgan fingerprint density at radius 1 is 0.755 bits per heavy atom. The van der Waals surface area contributed by atoms with E-state index in [4.69, 9.17) is 0 Å². The van der Waals surface area contributed by atoms with Gasteiger partial charge in [0.25, 0.3) is 0 Å². The van der Waals surface area contributed by atoms with Crippen LogP contribution >= 0.6 is 22.7 Å². The molecule has 260 valence electrons. The molecule has 1 atom stereocenters. The first-order chi connectivity index (χ1) is 25.4. The van der Waals surface area contributed by atoms with E-state index in [0.29, 0.717) is 16.5 Å². The molecule has 9 nitrogen and oxygen atoms in total. The molecule has 3 heterocycles. The molecule has 0 bridgehead atoms. The lowest BCUT2D eigenvalue weighted by atomic mass is 10.0. The quantitative estimate of drug-likeness (QED) is 0.0925. The van der Waals surface area contributed by atoms with E-state index in [0.717, 1.165) is 51.1 Å². The topological polar surface area (TPSA) is 148 Å². The second-order valence-corrected chi connectivity index (χ2v) is 14.3. The van der Waals surface area contributed by atoms with Gasteiger partial charge in [0.05, 0.1) is 38.6 Å². The molecule has 7 rings (SSSR count). The van der Waals surface area contributed by atoms with Crippen molar-refractivity contribution >= 4 is 94.0 Å². The van der Waals surface area contributed by atoms with E-state index in [1.165, 1.54) is 22.7 Å². The Balaban J connectivity index is 1.41. The fourth-order valence-corrected chi connectivity index (χ4v) is 8.60. The molecule has 2 aliphatic rings. The third-order valence-corrected chi connectivity index (χ3v) is 11.3. The minimum Gasteiger partial charge on any atom is -0.339 e. The molecule has 2 aromatic carbocycles. The summed E-state index contributed by atoms with van der Waals surface area (Å²) in [5.41, 5.74) is -0.0383. The van der Waals surface area contributed by atoms with E-state index < -0.39 is 40.4 Å². The second-order valence-electron chi connectivity index (χ2n) is 12.2. The number of halogens is 4. The third-order valence-electron chi connectivity index (χ3n) is 9.05. The summed E-state index contributed by atoms with van der Waals surface area (Å²) in [6.45, 7) is 7.88. The van der Waals surface area contributed by atoms with Gasteiger partial charge in [-0.25, -0.2) is 27.5 Å². The molecule has 0 amide bonds. The van der Waals surface area contributed by atoms with Crippen LogP contribution in [0.15, 0.2) is 62.5 Å². The predicted molar refractivity (Wildman–Crippen MR) is 195 cm³/mol. The van der Waals surface area contributed by atoms with Crippen LogP contribution in [0.3, 0.4) is 0 Å². The van der Waals surface area contributed by atoms with Crippen LogP contribution in [0.5, 0.6) is 0 Å². The summed E-state index contributed by atoms with van der Waals surface area (Å²) in [7, 11) is 0. The molecule has 0 fully saturated rings. The first-order valence-corrected chi connectivity index (χ1v) is 17.5. The molecule has 0 spiro atoms. The number of allylic oxidation sites excluding steroid dienone is 3. The summed E-state index contributed by atoms with van der Waals surface area (Å²) in [6.07, 6.45) is 0.835. The Hall–Kier alpha value is -6.34. The minimum atomic E-state index is -1.26. The number of nitriles is 3. The molecule has 2 aliphatic carbocycles. The van der Waals surface area contributed by atoms with Crippen LogP contribution in [-0.2, 0) is 6.54 Å². The molecule has 0 saturated carbocycles. The van der Waals surface area contributed by atoms with Crippen LogP contribution in [0.25, 0.3) is 31.6 Å². The van der Waals surface area contributed by atoms with Crippen molar-refractivity contribution in [3.05, 3.63) is 93.1 Å². The highest BCUT2D eigenvalue weighted by molar-refractivity contribution is 7.30. The summed E-state index contributed by atoms with van der Waals surface area (Å²) in [6, 6.07) is 12.1. The van der Waals surface area contributed by atoms with Crippen LogP contribution in [-0.4, -0.2) is 40.8 Å². The van der Waals surface area contributed by atoms with Gasteiger partial charge in [0.1, 0.15) is 39.1 Å². The maximum atomic E-state index is 14.4. The van der Waals surface area contributed by atoms with E-state index >= 15 is 0 Å². The van der Waals surface area contributed by atoms with Crippen LogP contribution < -0.4 is 0 Å². The van der Waals surface area contributed by atoms with Gasteiger partial charge in [-0.2, -0.15) is 15.8 Å². The first-order valence-electron chi connectivity index (χ1n) is 15.9. The minimum absolute atomic E-state index is 0.00195. The van der Waals surface area contributed by atoms with Gasteiger partial charge in [-0.15, -0.1) is 22.7 Å². The number of rotatable bonds is 7. The van der Waals surface area contributed by atoms with E-state index in [1.54, 1.807) is 24.3 Å². The van der Waals surface area contributed by atoms with Gasteiger partial charge in [-0.3, -0.25) is 14.6 Å². The summed E-state index contributed by atoms with van der Waals surface area (Å²) < 4.78 is 60.7. The van der Waals surface area contributed by atoms with E-state index in [9.17, 15) is 42.9 Å². The standard InChI is InChI=1S/C38H21F4N7O2S2/c1-4-16(2)15-49-27-9-29(47-33-31(17(11-43)12-44)19-5-23(39)25(41)7-21(19)35(33)50)52-37(27)38-28(49)10-30(53-38)48-34-32(18(13-45)14-46-3)20-6-24(40)26(42)8-22(20)36(34)51/h5-10,16H,3-4,14-15H2,1-2H3/b32-18+,47-33-,48-34-. The fourth-order valence-electron chi connectivity index (χ4n) is 6.37. The Morgan fingerprint density at radius 3 is 1.64 bits per heavy atom. The molecular formula is C38H21F4N7O2S2. The summed E-state index contributed by atoms with van der Waals surface area (Å²) in [5.74, 6) is -6.19. The largest absolute Gasteiger partial charge is 0.339 e. The Morgan fingerprint density at radius 2 is 1.21 bits per heavy atom. The lowest BCUT2D eigenvalue weighted by molar-refractivity contribution is 0.106. The van der Waals surface area contributed by atoms with Crippen LogP contribution in [0.1, 0.15) is 52.1 Å². The maximum absolute atomic E-state index is 14.4. The molecule has 1 unspecified atom stereocenters.